The zero-order chi connectivity index (χ0) is 17.2. The summed E-state index contributed by atoms with van der Waals surface area (Å²) in [6, 6.07) is 10.2. The lowest BCUT2D eigenvalue weighted by Crippen LogP contribution is -2.34. The van der Waals surface area contributed by atoms with Crippen molar-refractivity contribution in [3.63, 3.8) is 0 Å². The lowest BCUT2D eigenvalue weighted by molar-refractivity contribution is 0.0775. The third kappa shape index (κ3) is 4.05. The topological polar surface area (TPSA) is 64.2 Å². The Hall–Kier alpha value is -1.85. The summed E-state index contributed by atoms with van der Waals surface area (Å²) in [5.41, 5.74) is 8.83. The van der Waals surface area contributed by atoms with Crippen LogP contribution < -0.4 is 5.73 Å². The predicted molar refractivity (Wildman–Crippen MR) is 102 cm³/mol. The average molecular weight is 363 g/mol. The molecule has 0 aliphatic carbocycles. The highest BCUT2D eigenvalue weighted by atomic mass is 35.5. The molecule has 1 atom stereocenters. The fourth-order valence-electron chi connectivity index (χ4n) is 3.39. The van der Waals surface area contributed by atoms with E-state index in [1.165, 1.54) is 5.56 Å². The second-order valence-corrected chi connectivity index (χ2v) is 6.99. The number of benzene rings is 1. The number of likely N-dealkylation sites (tertiary alicyclic amines) is 1. The third-order valence-electron chi connectivity index (χ3n) is 5.03. The normalized spacial score (nSPS) is 19.7. The van der Waals surface area contributed by atoms with Crippen LogP contribution in [0.4, 0.5) is 0 Å². The molecule has 0 bridgehead atoms. The lowest BCUT2D eigenvalue weighted by atomic mass is 9.90. The fourth-order valence-corrected chi connectivity index (χ4v) is 3.39. The van der Waals surface area contributed by atoms with E-state index in [2.05, 4.69) is 31.1 Å². The Kier molecular flexibility index (Phi) is 6.25. The van der Waals surface area contributed by atoms with Crippen molar-refractivity contribution in [2.45, 2.75) is 33.2 Å². The first kappa shape index (κ1) is 19.5. The van der Waals surface area contributed by atoms with E-state index < -0.39 is 0 Å². The van der Waals surface area contributed by atoms with Gasteiger partial charge in [-0.2, -0.15) is 5.10 Å². The van der Waals surface area contributed by atoms with Crippen LogP contribution in [0.3, 0.4) is 0 Å². The van der Waals surface area contributed by atoms with E-state index in [-0.39, 0.29) is 23.7 Å². The van der Waals surface area contributed by atoms with Gasteiger partial charge in [0.2, 0.25) is 0 Å². The molecular formula is C19H27ClN4O. The molecule has 6 heteroatoms. The Bertz CT molecular complexity index is 715. The molecule has 1 saturated heterocycles. The summed E-state index contributed by atoms with van der Waals surface area (Å²) in [6.45, 7) is 7.04. The van der Waals surface area contributed by atoms with Gasteiger partial charge in [0.15, 0.2) is 0 Å². The number of nitrogens with two attached hydrogens (primary N) is 1. The van der Waals surface area contributed by atoms with E-state index in [0.717, 1.165) is 37.2 Å². The highest BCUT2D eigenvalue weighted by Gasteiger charge is 2.36. The van der Waals surface area contributed by atoms with E-state index in [9.17, 15) is 4.79 Å². The number of carbonyl (C=O) groups excluding carboxylic acids is 1. The first-order valence-corrected chi connectivity index (χ1v) is 8.64. The maximum Gasteiger partial charge on any atom is 0.257 e. The number of halogens is 1. The van der Waals surface area contributed by atoms with Crippen molar-refractivity contribution in [2.24, 2.45) is 11.1 Å². The Balaban J connectivity index is 0.00000225. The second kappa shape index (κ2) is 8.02. The number of carbonyl (C=O) groups is 1. The Morgan fingerprint density at radius 3 is 2.64 bits per heavy atom. The van der Waals surface area contributed by atoms with Gasteiger partial charge in [-0.1, -0.05) is 44.2 Å². The quantitative estimate of drug-likeness (QED) is 0.889. The first-order valence-electron chi connectivity index (χ1n) is 8.64. The van der Waals surface area contributed by atoms with Crippen molar-refractivity contribution in [3.8, 4) is 0 Å². The van der Waals surface area contributed by atoms with Crippen LogP contribution in [0.2, 0.25) is 0 Å². The number of rotatable bonds is 5. The minimum absolute atomic E-state index is 0. The fraction of sp³-hybridized carbons (Fsp3) is 0.474. The van der Waals surface area contributed by atoms with Crippen molar-refractivity contribution in [1.29, 1.82) is 0 Å². The van der Waals surface area contributed by atoms with Crippen LogP contribution >= 0.6 is 12.4 Å². The number of hydrogen-bond acceptors (Lipinski definition) is 3. The van der Waals surface area contributed by atoms with Gasteiger partial charge in [-0.25, -0.2) is 0 Å². The summed E-state index contributed by atoms with van der Waals surface area (Å²) in [7, 11) is 0. The van der Waals surface area contributed by atoms with Crippen LogP contribution in [0.1, 0.15) is 41.9 Å². The summed E-state index contributed by atoms with van der Waals surface area (Å²) in [4.78, 5) is 14.9. The van der Waals surface area contributed by atoms with Crippen LogP contribution in [0.5, 0.6) is 0 Å². The predicted octanol–water partition coefficient (Wildman–Crippen LogP) is 2.73. The monoisotopic (exact) mass is 362 g/mol. The van der Waals surface area contributed by atoms with Gasteiger partial charge in [0, 0.05) is 13.1 Å². The molecule has 1 unspecified atom stereocenters. The van der Waals surface area contributed by atoms with Crippen molar-refractivity contribution in [3.05, 3.63) is 53.3 Å². The number of aromatic nitrogens is 2. The van der Waals surface area contributed by atoms with Gasteiger partial charge in [0.05, 0.1) is 24.0 Å². The highest BCUT2D eigenvalue weighted by molar-refractivity contribution is 5.95. The summed E-state index contributed by atoms with van der Waals surface area (Å²) >= 11 is 0. The summed E-state index contributed by atoms with van der Waals surface area (Å²) in [5, 5.41) is 4.48. The molecule has 1 aliphatic heterocycles. The molecule has 3 rings (SSSR count). The van der Waals surface area contributed by atoms with E-state index in [0.29, 0.717) is 13.1 Å². The van der Waals surface area contributed by atoms with Crippen molar-refractivity contribution in [2.75, 3.05) is 19.6 Å². The van der Waals surface area contributed by atoms with Gasteiger partial charge in [-0.15, -0.1) is 12.4 Å². The maximum atomic E-state index is 12.9. The summed E-state index contributed by atoms with van der Waals surface area (Å²) < 4.78 is 1.95. The van der Waals surface area contributed by atoms with E-state index in [1.807, 2.05) is 27.8 Å². The highest BCUT2D eigenvalue weighted by Crippen LogP contribution is 2.30. The molecule has 0 saturated carbocycles. The molecule has 25 heavy (non-hydrogen) atoms. The molecule has 2 heterocycles. The average Bonchev–Trinajstić information content (AvgIpc) is 3.19. The smallest absolute Gasteiger partial charge is 0.257 e. The minimum atomic E-state index is 0. The van der Waals surface area contributed by atoms with Gasteiger partial charge in [-0.05, 0) is 30.4 Å². The summed E-state index contributed by atoms with van der Waals surface area (Å²) in [6.07, 6.45) is 3.48. The molecular weight excluding hydrogens is 336 g/mol. The molecule has 0 spiro atoms. The SMILES string of the molecule is CCc1c(C(=O)N2CCC(C)(CN)C2)cnn1Cc1ccccc1.Cl. The molecule has 2 aromatic rings. The van der Waals surface area contributed by atoms with Gasteiger partial charge in [-0.3, -0.25) is 9.48 Å². The molecule has 136 valence electrons. The molecule has 1 fully saturated rings. The number of nitrogens with zero attached hydrogens (tertiary/aromatic N) is 3. The van der Waals surface area contributed by atoms with E-state index >= 15 is 0 Å². The summed E-state index contributed by atoms with van der Waals surface area (Å²) in [5.74, 6) is 0.0864. The van der Waals surface area contributed by atoms with Crippen LogP contribution in [-0.4, -0.2) is 40.2 Å². The maximum absolute atomic E-state index is 12.9. The van der Waals surface area contributed by atoms with Crippen molar-refractivity contribution >= 4 is 18.3 Å². The molecule has 1 aromatic carbocycles. The number of hydrogen-bond donors (Lipinski definition) is 1. The van der Waals surface area contributed by atoms with Gasteiger partial charge in [0.25, 0.3) is 5.91 Å². The molecule has 2 N–H and O–H groups in total. The standard InChI is InChI=1S/C19H26N4O.ClH/c1-3-17-16(18(24)22-10-9-19(2,13-20)14-22)11-21-23(17)12-15-7-5-4-6-8-15;/h4-8,11H,3,9-10,12-14,20H2,1-2H3;1H. The van der Waals surface area contributed by atoms with E-state index in [1.54, 1.807) is 6.20 Å². The number of amides is 1. The van der Waals surface area contributed by atoms with Crippen LogP contribution in [0.15, 0.2) is 36.5 Å². The minimum Gasteiger partial charge on any atom is -0.338 e. The van der Waals surface area contributed by atoms with Crippen LogP contribution in [0, 0.1) is 5.41 Å². The Labute approximate surface area is 155 Å². The van der Waals surface area contributed by atoms with Crippen molar-refractivity contribution in [1.82, 2.24) is 14.7 Å². The lowest BCUT2D eigenvalue weighted by Gasteiger charge is -2.22. The second-order valence-electron chi connectivity index (χ2n) is 6.99. The van der Waals surface area contributed by atoms with Gasteiger partial charge in [0.1, 0.15) is 0 Å². The Morgan fingerprint density at radius 1 is 1.32 bits per heavy atom. The van der Waals surface area contributed by atoms with E-state index in [4.69, 9.17) is 5.73 Å². The van der Waals surface area contributed by atoms with Gasteiger partial charge >= 0.3 is 0 Å². The zero-order valence-corrected chi connectivity index (χ0v) is 15.8. The molecule has 5 nitrogen and oxygen atoms in total. The largest absolute Gasteiger partial charge is 0.338 e. The molecule has 1 aromatic heterocycles. The van der Waals surface area contributed by atoms with Crippen molar-refractivity contribution < 1.29 is 4.79 Å². The molecule has 1 amide bonds. The van der Waals surface area contributed by atoms with Crippen LogP contribution in [0.25, 0.3) is 0 Å². The molecule has 1 aliphatic rings. The first-order chi connectivity index (χ1) is 11.6. The Morgan fingerprint density at radius 2 is 2.04 bits per heavy atom. The third-order valence-corrected chi connectivity index (χ3v) is 5.03. The zero-order valence-electron chi connectivity index (χ0n) is 14.9. The van der Waals surface area contributed by atoms with Gasteiger partial charge < -0.3 is 10.6 Å². The molecule has 0 radical (unpaired) electrons. The van der Waals surface area contributed by atoms with Crippen LogP contribution in [-0.2, 0) is 13.0 Å².